The number of nitrogen functional groups attached to an aromatic ring is 1. The van der Waals surface area contributed by atoms with Gasteiger partial charge in [-0.25, -0.2) is 17.5 Å². The number of hydrogen-bond donors (Lipinski definition) is 2. The highest BCUT2D eigenvalue weighted by Gasteiger charge is 2.19. The molecule has 3 N–H and O–H groups in total. The third-order valence-electron chi connectivity index (χ3n) is 2.93. The zero-order chi connectivity index (χ0) is 15.6. The van der Waals surface area contributed by atoms with Gasteiger partial charge in [-0.3, -0.25) is 0 Å². The Morgan fingerprint density at radius 3 is 2.48 bits per heavy atom. The molecule has 0 radical (unpaired) electrons. The van der Waals surface area contributed by atoms with Gasteiger partial charge < -0.3 is 5.73 Å². The van der Waals surface area contributed by atoms with Crippen LogP contribution in [-0.2, 0) is 16.6 Å². The minimum absolute atomic E-state index is 0.0893. The monoisotopic (exact) mass is 372 g/mol. The van der Waals surface area contributed by atoms with Crippen molar-refractivity contribution in [1.82, 2.24) is 4.72 Å². The van der Waals surface area contributed by atoms with Gasteiger partial charge in [-0.1, -0.05) is 29.8 Å². The lowest BCUT2D eigenvalue weighted by Gasteiger charge is -2.10. The maximum Gasteiger partial charge on any atom is 0.242 e. The Balaban J connectivity index is 2.22. The maximum absolute atomic E-state index is 13.3. The molecule has 0 spiro atoms. The highest BCUT2D eigenvalue weighted by atomic mass is 79.9. The van der Waals surface area contributed by atoms with Gasteiger partial charge in [-0.2, -0.15) is 0 Å². The van der Waals surface area contributed by atoms with E-state index in [4.69, 9.17) is 5.73 Å². The standard InChI is InChI=1S/C14H14BrFN2O2S/c1-9-2-4-10(5-3-9)8-18-21(19,20)14-7-13(17)12(16)6-11(14)15/h2-7,18H,8,17H2,1H3. The number of hydrogen-bond acceptors (Lipinski definition) is 3. The lowest BCUT2D eigenvalue weighted by molar-refractivity contribution is 0.580. The van der Waals surface area contributed by atoms with Crippen molar-refractivity contribution in [3.63, 3.8) is 0 Å². The molecule has 2 rings (SSSR count). The second-order valence-electron chi connectivity index (χ2n) is 4.61. The number of nitrogens with two attached hydrogens (primary N) is 1. The first-order valence-electron chi connectivity index (χ1n) is 6.09. The molecule has 0 aromatic heterocycles. The normalized spacial score (nSPS) is 11.6. The first-order chi connectivity index (χ1) is 9.79. The Hall–Kier alpha value is -1.44. The summed E-state index contributed by atoms with van der Waals surface area (Å²) in [6.45, 7) is 2.10. The molecule has 7 heteroatoms. The Kier molecular flexibility index (Phi) is 4.65. The van der Waals surface area contributed by atoms with Gasteiger partial charge in [0.15, 0.2) is 0 Å². The molecule has 0 unspecified atom stereocenters. The van der Waals surface area contributed by atoms with Gasteiger partial charge in [-0.15, -0.1) is 0 Å². The zero-order valence-corrected chi connectivity index (χ0v) is 13.6. The van der Waals surface area contributed by atoms with Crippen molar-refractivity contribution in [2.24, 2.45) is 0 Å². The lowest BCUT2D eigenvalue weighted by atomic mass is 10.2. The zero-order valence-electron chi connectivity index (χ0n) is 11.2. The number of halogens is 2. The fourth-order valence-corrected chi connectivity index (χ4v) is 3.78. The highest BCUT2D eigenvalue weighted by Crippen LogP contribution is 2.26. The van der Waals surface area contributed by atoms with Gasteiger partial charge in [0.25, 0.3) is 0 Å². The predicted octanol–water partition coefficient (Wildman–Crippen LogP) is 2.96. The van der Waals surface area contributed by atoms with Gasteiger partial charge in [-0.05, 0) is 40.5 Å². The van der Waals surface area contributed by atoms with Crippen LogP contribution in [0.4, 0.5) is 10.1 Å². The molecule has 0 amide bonds. The molecule has 0 bridgehead atoms. The SMILES string of the molecule is Cc1ccc(CNS(=O)(=O)c2cc(N)c(F)cc2Br)cc1. The van der Waals surface area contributed by atoms with E-state index in [-0.39, 0.29) is 21.6 Å². The predicted molar refractivity (Wildman–Crippen MR) is 83.7 cm³/mol. The van der Waals surface area contributed by atoms with Gasteiger partial charge in [0.05, 0.1) is 10.6 Å². The summed E-state index contributed by atoms with van der Waals surface area (Å²) in [5.74, 6) is -0.667. The van der Waals surface area contributed by atoms with Crippen LogP contribution in [0.1, 0.15) is 11.1 Å². The van der Waals surface area contributed by atoms with Crippen molar-refractivity contribution in [2.75, 3.05) is 5.73 Å². The molecule has 2 aromatic carbocycles. The van der Waals surface area contributed by atoms with E-state index in [9.17, 15) is 12.8 Å². The van der Waals surface area contributed by atoms with E-state index in [0.717, 1.165) is 23.3 Å². The summed E-state index contributed by atoms with van der Waals surface area (Å²) in [4.78, 5) is -0.0893. The number of anilines is 1. The molecule has 0 heterocycles. The summed E-state index contributed by atoms with van der Waals surface area (Å²) in [5.41, 5.74) is 7.13. The molecule has 0 aliphatic heterocycles. The molecular weight excluding hydrogens is 359 g/mol. The van der Waals surface area contributed by atoms with Crippen molar-refractivity contribution >= 4 is 31.6 Å². The quantitative estimate of drug-likeness (QED) is 0.810. The van der Waals surface area contributed by atoms with E-state index in [1.807, 2.05) is 31.2 Å². The molecule has 0 atom stereocenters. The molecule has 0 aliphatic carbocycles. The molecule has 112 valence electrons. The van der Waals surface area contributed by atoms with Gasteiger partial charge in [0, 0.05) is 11.0 Å². The topological polar surface area (TPSA) is 72.2 Å². The minimum atomic E-state index is -3.78. The van der Waals surface area contributed by atoms with Crippen LogP contribution in [0.3, 0.4) is 0 Å². The van der Waals surface area contributed by atoms with Crippen molar-refractivity contribution in [1.29, 1.82) is 0 Å². The molecule has 0 saturated heterocycles. The van der Waals surface area contributed by atoms with Crippen molar-refractivity contribution in [2.45, 2.75) is 18.4 Å². The Labute approximate surface area is 131 Å². The second-order valence-corrected chi connectivity index (χ2v) is 7.20. The van der Waals surface area contributed by atoms with Crippen LogP contribution < -0.4 is 10.5 Å². The van der Waals surface area contributed by atoms with Crippen molar-refractivity contribution in [3.05, 3.63) is 57.8 Å². The smallest absolute Gasteiger partial charge is 0.242 e. The molecule has 0 fully saturated rings. The third kappa shape index (κ3) is 3.81. The van der Waals surface area contributed by atoms with Crippen LogP contribution in [-0.4, -0.2) is 8.42 Å². The summed E-state index contributed by atoms with van der Waals surface area (Å²) < 4.78 is 40.3. The summed E-state index contributed by atoms with van der Waals surface area (Å²) in [6.07, 6.45) is 0. The van der Waals surface area contributed by atoms with E-state index in [1.54, 1.807) is 0 Å². The van der Waals surface area contributed by atoms with E-state index in [1.165, 1.54) is 0 Å². The van der Waals surface area contributed by atoms with Crippen LogP contribution in [0.15, 0.2) is 45.8 Å². The van der Waals surface area contributed by atoms with Gasteiger partial charge in [0.2, 0.25) is 10.0 Å². The molecule has 21 heavy (non-hydrogen) atoms. The Morgan fingerprint density at radius 2 is 1.86 bits per heavy atom. The number of aryl methyl sites for hydroxylation is 1. The lowest BCUT2D eigenvalue weighted by Crippen LogP contribution is -2.23. The first kappa shape index (κ1) is 15.9. The maximum atomic E-state index is 13.3. The molecular formula is C14H14BrFN2O2S. The van der Waals surface area contributed by atoms with E-state index in [2.05, 4.69) is 20.7 Å². The molecule has 0 aliphatic rings. The van der Waals surface area contributed by atoms with Gasteiger partial charge in [0.1, 0.15) is 5.82 Å². The summed E-state index contributed by atoms with van der Waals surface area (Å²) >= 11 is 3.04. The van der Waals surface area contributed by atoms with Crippen LogP contribution in [0.25, 0.3) is 0 Å². The Bertz CT molecular complexity index is 761. The number of rotatable bonds is 4. The number of benzene rings is 2. The fourth-order valence-electron chi connectivity index (χ4n) is 1.71. The molecule has 4 nitrogen and oxygen atoms in total. The van der Waals surface area contributed by atoms with Crippen molar-refractivity contribution < 1.29 is 12.8 Å². The van der Waals surface area contributed by atoms with Crippen LogP contribution in [0.2, 0.25) is 0 Å². The Morgan fingerprint density at radius 1 is 1.24 bits per heavy atom. The number of nitrogens with one attached hydrogen (secondary N) is 1. The fraction of sp³-hybridized carbons (Fsp3) is 0.143. The second kappa shape index (κ2) is 6.13. The van der Waals surface area contributed by atoms with Crippen LogP contribution in [0, 0.1) is 12.7 Å². The largest absolute Gasteiger partial charge is 0.396 e. The van der Waals surface area contributed by atoms with Crippen molar-refractivity contribution in [3.8, 4) is 0 Å². The minimum Gasteiger partial charge on any atom is -0.396 e. The average Bonchev–Trinajstić information content (AvgIpc) is 2.42. The number of sulfonamides is 1. The third-order valence-corrected chi connectivity index (χ3v) is 5.29. The molecule has 2 aromatic rings. The van der Waals surface area contributed by atoms with Crippen LogP contribution >= 0.6 is 15.9 Å². The highest BCUT2D eigenvalue weighted by molar-refractivity contribution is 9.10. The summed E-state index contributed by atoms with van der Waals surface area (Å²) in [7, 11) is -3.78. The van der Waals surface area contributed by atoms with Crippen LogP contribution in [0.5, 0.6) is 0 Å². The summed E-state index contributed by atoms with van der Waals surface area (Å²) in [5, 5.41) is 0. The van der Waals surface area contributed by atoms with E-state index in [0.29, 0.717) is 0 Å². The van der Waals surface area contributed by atoms with E-state index >= 15 is 0 Å². The first-order valence-corrected chi connectivity index (χ1v) is 8.37. The summed E-state index contributed by atoms with van der Waals surface area (Å²) in [6, 6.07) is 9.61. The van der Waals surface area contributed by atoms with E-state index < -0.39 is 15.8 Å². The molecule has 0 saturated carbocycles. The van der Waals surface area contributed by atoms with Gasteiger partial charge >= 0.3 is 0 Å². The average molecular weight is 373 g/mol.